The van der Waals surface area contributed by atoms with Gasteiger partial charge in [0.1, 0.15) is 6.04 Å². The Morgan fingerprint density at radius 2 is 1.75 bits per heavy atom. The van der Waals surface area contributed by atoms with E-state index in [9.17, 15) is 14.7 Å². The van der Waals surface area contributed by atoms with E-state index < -0.39 is 12.0 Å². The van der Waals surface area contributed by atoms with Crippen molar-refractivity contribution >= 4 is 23.6 Å². The summed E-state index contributed by atoms with van der Waals surface area (Å²) >= 11 is 1.54. The topological polar surface area (TPSA) is 57.6 Å². The van der Waals surface area contributed by atoms with Gasteiger partial charge >= 0.3 is 5.97 Å². The van der Waals surface area contributed by atoms with Gasteiger partial charge in [0.25, 0.3) is 0 Å². The number of amides is 1. The molecule has 1 saturated carbocycles. The summed E-state index contributed by atoms with van der Waals surface area (Å²) in [6.07, 6.45) is 3.99. The van der Waals surface area contributed by atoms with Crippen LogP contribution in [0, 0.1) is 17.3 Å². The van der Waals surface area contributed by atoms with E-state index in [-0.39, 0.29) is 11.8 Å². The fourth-order valence-electron chi connectivity index (χ4n) is 3.31. The molecule has 2 fully saturated rings. The molecule has 2 rings (SSSR count). The zero-order valence-electron chi connectivity index (χ0n) is 12.6. The molecule has 1 aliphatic heterocycles. The van der Waals surface area contributed by atoms with Gasteiger partial charge in [-0.15, -0.1) is 11.8 Å². The predicted molar refractivity (Wildman–Crippen MR) is 80.5 cm³/mol. The summed E-state index contributed by atoms with van der Waals surface area (Å²) < 4.78 is 0. The summed E-state index contributed by atoms with van der Waals surface area (Å²) in [6.45, 7) is 6.78. The minimum atomic E-state index is -0.869. The lowest BCUT2D eigenvalue weighted by atomic mass is 9.69. The van der Waals surface area contributed by atoms with Crippen LogP contribution >= 0.6 is 11.8 Å². The molecular formula is C15H25NO3S. The lowest BCUT2D eigenvalue weighted by Gasteiger charge is -2.37. The number of carboxylic acids is 1. The summed E-state index contributed by atoms with van der Waals surface area (Å²) in [5.41, 5.74) is 0.307. The number of carbonyl (C=O) groups excluding carboxylic acids is 1. The summed E-state index contributed by atoms with van der Waals surface area (Å²) in [6, 6.07) is -0.618. The van der Waals surface area contributed by atoms with Gasteiger partial charge in [-0.1, -0.05) is 20.8 Å². The van der Waals surface area contributed by atoms with Crippen molar-refractivity contribution in [2.24, 2.45) is 17.3 Å². The average Bonchev–Trinajstić information content (AvgIpc) is 2.86. The average molecular weight is 299 g/mol. The van der Waals surface area contributed by atoms with Crippen LogP contribution in [0.2, 0.25) is 0 Å². The zero-order valence-corrected chi connectivity index (χ0v) is 13.4. The van der Waals surface area contributed by atoms with E-state index in [1.807, 2.05) is 0 Å². The van der Waals surface area contributed by atoms with E-state index in [1.54, 1.807) is 16.7 Å². The van der Waals surface area contributed by atoms with Crippen LogP contribution < -0.4 is 0 Å². The molecule has 4 nitrogen and oxygen atoms in total. The van der Waals surface area contributed by atoms with Crippen LogP contribution in [-0.4, -0.2) is 39.6 Å². The van der Waals surface area contributed by atoms with E-state index >= 15 is 0 Å². The number of carboxylic acid groups (broad SMARTS) is 1. The van der Waals surface area contributed by atoms with Crippen molar-refractivity contribution in [1.29, 1.82) is 0 Å². The Balaban J connectivity index is 1.93. The number of aliphatic carboxylic acids is 1. The van der Waals surface area contributed by atoms with Crippen molar-refractivity contribution < 1.29 is 14.7 Å². The fourth-order valence-corrected chi connectivity index (χ4v) is 4.46. The standard InChI is InChI=1S/C15H25NO3S/c1-15(2,3)11-6-4-10(5-7-11)13(17)16-9-20-8-12(16)14(18)19/h10-12H,4-9H2,1-3H3,(H,18,19)/t10?,11?,12-/m0/s1. The van der Waals surface area contributed by atoms with Crippen molar-refractivity contribution in [2.75, 3.05) is 11.6 Å². The van der Waals surface area contributed by atoms with Gasteiger partial charge in [-0.05, 0) is 37.0 Å². The van der Waals surface area contributed by atoms with Gasteiger partial charge in [0, 0.05) is 11.7 Å². The number of carbonyl (C=O) groups is 2. The Kier molecular flexibility index (Phi) is 4.67. The van der Waals surface area contributed by atoms with Crippen molar-refractivity contribution in [3.05, 3.63) is 0 Å². The first-order valence-electron chi connectivity index (χ1n) is 7.41. The number of nitrogens with zero attached hydrogens (tertiary/aromatic N) is 1. The number of rotatable bonds is 2. The van der Waals surface area contributed by atoms with Gasteiger partial charge in [-0.3, -0.25) is 4.79 Å². The minimum Gasteiger partial charge on any atom is -0.480 e. The molecule has 114 valence electrons. The second-order valence-electron chi connectivity index (χ2n) is 7.08. The molecule has 1 N–H and O–H groups in total. The highest BCUT2D eigenvalue weighted by molar-refractivity contribution is 7.99. The molecule has 1 saturated heterocycles. The molecule has 1 amide bonds. The van der Waals surface area contributed by atoms with Crippen molar-refractivity contribution in [2.45, 2.75) is 52.5 Å². The molecule has 0 bridgehead atoms. The predicted octanol–water partition coefficient (Wildman–Crippen LogP) is 2.83. The molecule has 0 aromatic heterocycles. The van der Waals surface area contributed by atoms with Crippen molar-refractivity contribution in [3.63, 3.8) is 0 Å². The van der Waals surface area contributed by atoms with Crippen LogP contribution in [0.4, 0.5) is 0 Å². The SMILES string of the molecule is CC(C)(C)C1CCC(C(=O)N2CSC[C@H]2C(=O)O)CC1. The minimum absolute atomic E-state index is 0.0362. The Bertz CT molecular complexity index is 383. The molecule has 1 atom stereocenters. The maximum Gasteiger partial charge on any atom is 0.327 e. The van der Waals surface area contributed by atoms with Gasteiger partial charge < -0.3 is 10.0 Å². The van der Waals surface area contributed by atoms with Crippen LogP contribution in [0.1, 0.15) is 46.5 Å². The van der Waals surface area contributed by atoms with E-state index in [0.717, 1.165) is 25.7 Å². The second kappa shape index (κ2) is 5.96. The number of thioether (sulfide) groups is 1. The third-order valence-electron chi connectivity index (χ3n) is 4.75. The molecule has 0 radical (unpaired) electrons. The quantitative estimate of drug-likeness (QED) is 0.852. The maximum atomic E-state index is 12.5. The highest BCUT2D eigenvalue weighted by atomic mass is 32.2. The third kappa shape index (κ3) is 3.30. The van der Waals surface area contributed by atoms with Crippen LogP contribution in [-0.2, 0) is 9.59 Å². The van der Waals surface area contributed by atoms with Gasteiger partial charge in [-0.2, -0.15) is 0 Å². The summed E-state index contributed by atoms with van der Waals surface area (Å²) in [4.78, 5) is 25.3. The second-order valence-corrected chi connectivity index (χ2v) is 8.08. The maximum absolute atomic E-state index is 12.5. The smallest absolute Gasteiger partial charge is 0.327 e. The third-order valence-corrected chi connectivity index (χ3v) is 5.76. The van der Waals surface area contributed by atoms with Gasteiger partial charge in [-0.25, -0.2) is 4.79 Å². The first-order chi connectivity index (χ1) is 9.30. The van der Waals surface area contributed by atoms with Crippen LogP contribution in [0.25, 0.3) is 0 Å². The molecular weight excluding hydrogens is 274 g/mol. The largest absolute Gasteiger partial charge is 0.480 e. The van der Waals surface area contributed by atoms with Crippen molar-refractivity contribution in [1.82, 2.24) is 4.90 Å². The molecule has 5 heteroatoms. The van der Waals surface area contributed by atoms with E-state index in [0.29, 0.717) is 23.0 Å². The monoisotopic (exact) mass is 299 g/mol. The molecule has 0 aromatic carbocycles. The molecule has 1 heterocycles. The van der Waals surface area contributed by atoms with Crippen LogP contribution in [0.15, 0.2) is 0 Å². The summed E-state index contributed by atoms with van der Waals surface area (Å²) in [5.74, 6) is 0.971. The van der Waals surface area contributed by atoms with E-state index in [2.05, 4.69) is 20.8 Å². The lowest BCUT2D eigenvalue weighted by molar-refractivity contribution is -0.150. The van der Waals surface area contributed by atoms with E-state index in [4.69, 9.17) is 0 Å². The van der Waals surface area contributed by atoms with Gasteiger partial charge in [0.2, 0.25) is 5.91 Å². The molecule has 0 unspecified atom stereocenters. The van der Waals surface area contributed by atoms with Crippen molar-refractivity contribution in [3.8, 4) is 0 Å². The van der Waals surface area contributed by atoms with Crippen LogP contribution in [0.5, 0.6) is 0 Å². The molecule has 0 aromatic rings. The van der Waals surface area contributed by atoms with E-state index in [1.165, 1.54) is 0 Å². The number of hydrogen-bond acceptors (Lipinski definition) is 3. The molecule has 2 aliphatic rings. The van der Waals surface area contributed by atoms with Gasteiger partial charge in [0.05, 0.1) is 5.88 Å². The molecule has 1 aliphatic carbocycles. The summed E-state index contributed by atoms with van der Waals surface area (Å²) in [7, 11) is 0. The fraction of sp³-hybridized carbons (Fsp3) is 0.867. The lowest BCUT2D eigenvalue weighted by Crippen LogP contribution is -2.45. The molecule has 20 heavy (non-hydrogen) atoms. The van der Waals surface area contributed by atoms with Gasteiger partial charge in [0.15, 0.2) is 0 Å². The Morgan fingerprint density at radius 3 is 2.25 bits per heavy atom. The normalized spacial score (nSPS) is 31.4. The first-order valence-corrected chi connectivity index (χ1v) is 8.57. The zero-order chi connectivity index (χ0) is 14.9. The summed E-state index contributed by atoms with van der Waals surface area (Å²) in [5, 5.41) is 9.17. The Labute approximate surface area is 125 Å². The highest BCUT2D eigenvalue weighted by Gasteiger charge is 2.39. The van der Waals surface area contributed by atoms with Crippen LogP contribution in [0.3, 0.4) is 0 Å². The first kappa shape index (κ1) is 15.7. The Hall–Kier alpha value is -0.710. The highest BCUT2D eigenvalue weighted by Crippen LogP contribution is 2.40. The number of hydrogen-bond donors (Lipinski definition) is 1. The molecule has 0 spiro atoms. The Morgan fingerprint density at radius 1 is 1.15 bits per heavy atom.